The van der Waals surface area contributed by atoms with Crippen LogP contribution in [0.15, 0.2) is 0 Å². The van der Waals surface area contributed by atoms with Crippen LogP contribution in [0.3, 0.4) is 0 Å². The van der Waals surface area contributed by atoms with Crippen LogP contribution in [-0.2, 0) is 9.53 Å². The number of nitrogens with zero attached hydrogens (tertiary/aromatic N) is 1. The van der Waals surface area contributed by atoms with E-state index in [1.165, 1.54) is 25.7 Å². The van der Waals surface area contributed by atoms with E-state index in [-0.39, 0.29) is 11.5 Å². The Morgan fingerprint density at radius 2 is 2.07 bits per heavy atom. The first-order valence-corrected chi connectivity index (χ1v) is 5.97. The molecule has 1 rings (SSSR count). The molecule has 1 heterocycles. The molecule has 0 aliphatic carbocycles. The van der Waals surface area contributed by atoms with Crippen LogP contribution in [0.4, 0.5) is 0 Å². The number of carbonyl (C=O) groups excluding carboxylic acids is 1. The van der Waals surface area contributed by atoms with Crippen LogP contribution in [0.2, 0.25) is 0 Å². The highest BCUT2D eigenvalue weighted by atomic mass is 16.5. The fourth-order valence-corrected chi connectivity index (χ4v) is 1.88. The van der Waals surface area contributed by atoms with Gasteiger partial charge in [-0.25, -0.2) is 0 Å². The maximum Gasteiger partial charge on any atom is 0.320 e. The molecule has 0 amide bonds. The zero-order chi connectivity index (χ0) is 11.3. The van der Waals surface area contributed by atoms with Crippen LogP contribution in [0.5, 0.6) is 0 Å². The molecular weight excluding hydrogens is 190 g/mol. The lowest BCUT2D eigenvalue weighted by atomic mass is 10.0. The molecule has 15 heavy (non-hydrogen) atoms. The third-order valence-electron chi connectivity index (χ3n) is 3.04. The molecule has 88 valence electrons. The van der Waals surface area contributed by atoms with E-state index in [0.29, 0.717) is 13.2 Å². The van der Waals surface area contributed by atoms with Gasteiger partial charge in [0.2, 0.25) is 0 Å². The van der Waals surface area contributed by atoms with Crippen LogP contribution >= 0.6 is 0 Å². The molecule has 1 aliphatic rings. The second kappa shape index (κ2) is 5.50. The van der Waals surface area contributed by atoms with Gasteiger partial charge in [0.25, 0.3) is 0 Å². The van der Waals surface area contributed by atoms with E-state index in [1.807, 2.05) is 0 Å². The summed E-state index contributed by atoms with van der Waals surface area (Å²) in [7, 11) is 0. The summed E-state index contributed by atoms with van der Waals surface area (Å²) >= 11 is 0. The second-order valence-corrected chi connectivity index (χ2v) is 4.96. The highest BCUT2D eigenvalue weighted by molar-refractivity contribution is 5.72. The summed E-state index contributed by atoms with van der Waals surface area (Å²) < 4.78 is 5.07. The van der Waals surface area contributed by atoms with Crippen LogP contribution in [-0.4, -0.2) is 36.1 Å². The van der Waals surface area contributed by atoms with Crippen molar-refractivity contribution in [2.24, 2.45) is 0 Å². The maximum atomic E-state index is 11.2. The Morgan fingerprint density at radius 3 is 2.73 bits per heavy atom. The zero-order valence-corrected chi connectivity index (χ0v) is 10.2. The summed E-state index contributed by atoms with van der Waals surface area (Å²) in [4.78, 5) is 13.4. The van der Waals surface area contributed by atoms with Gasteiger partial charge in [-0.2, -0.15) is 0 Å². The Hall–Kier alpha value is -0.570. The highest BCUT2D eigenvalue weighted by Gasteiger charge is 2.34. The van der Waals surface area contributed by atoms with Gasteiger partial charge in [0, 0.05) is 0 Å². The van der Waals surface area contributed by atoms with E-state index in [2.05, 4.69) is 25.7 Å². The van der Waals surface area contributed by atoms with Gasteiger partial charge in [-0.1, -0.05) is 26.2 Å². The summed E-state index contributed by atoms with van der Waals surface area (Å²) in [5, 5.41) is 0. The molecule has 0 unspecified atom stereocenters. The van der Waals surface area contributed by atoms with E-state index in [1.54, 1.807) is 0 Å². The molecule has 0 saturated carbocycles. The molecular formula is C12H23NO2. The fourth-order valence-electron chi connectivity index (χ4n) is 1.88. The molecule has 0 aromatic rings. The standard InChI is InChI=1S/C12H23NO2/c1-4-5-6-7-8-13-9-11(14)15-10-12(13,2)3/h4-10H2,1-3H3. The molecule has 0 N–H and O–H groups in total. The lowest BCUT2D eigenvalue weighted by molar-refractivity contribution is -0.160. The highest BCUT2D eigenvalue weighted by Crippen LogP contribution is 2.20. The van der Waals surface area contributed by atoms with Crippen LogP contribution in [0.1, 0.15) is 46.5 Å². The molecule has 3 heteroatoms. The van der Waals surface area contributed by atoms with Gasteiger partial charge in [-0.15, -0.1) is 0 Å². The average molecular weight is 213 g/mol. The molecule has 3 nitrogen and oxygen atoms in total. The van der Waals surface area contributed by atoms with Gasteiger partial charge in [-0.3, -0.25) is 9.69 Å². The van der Waals surface area contributed by atoms with Crippen LogP contribution in [0.25, 0.3) is 0 Å². The normalized spacial score (nSPS) is 21.4. The first-order chi connectivity index (χ1) is 7.06. The minimum Gasteiger partial charge on any atom is -0.463 e. The SMILES string of the molecule is CCCCCCN1CC(=O)OCC1(C)C. The lowest BCUT2D eigenvalue weighted by Gasteiger charge is -2.41. The number of rotatable bonds is 5. The largest absolute Gasteiger partial charge is 0.463 e. The Morgan fingerprint density at radius 1 is 1.33 bits per heavy atom. The summed E-state index contributed by atoms with van der Waals surface area (Å²) in [6.07, 6.45) is 4.99. The topological polar surface area (TPSA) is 29.5 Å². The van der Waals surface area contributed by atoms with Crippen molar-refractivity contribution in [2.45, 2.75) is 52.0 Å². The van der Waals surface area contributed by atoms with Crippen molar-refractivity contribution in [1.29, 1.82) is 0 Å². The van der Waals surface area contributed by atoms with Crippen molar-refractivity contribution in [3.05, 3.63) is 0 Å². The van der Waals surface area contributed by atoms with Crippen molar-refractivity contribution >= 4 is 5.97 Å². The quantitative estimate of drug-likeness (QED) is 0.518. The first-order valence-electron chi connectivity index (χ1n) is 5.97. The number of esters is 1. The molecule has 0 spiro atoms. The van der Waals surface area contributed by atoms with E-state index < -0.39 is 0 Å². The fraction of sp³-hybridized carbons (Fsp3) is 0.917. The van der Waals surface area contributed by atoms with Crippen LogP contribution < -0.4 is 0 Å². The zero-order valence-electron chi connectivity index (χ0n) is 10.2. The molecule has 1 aliphatic heterocycles. The molecule has 0 radical (unpaired) electrons. The molecule has 0 aromatic heterocycles. The van der Waals surface area contributed by atoms with Crippen molar-refractivity contribution in [1.82, 2.24) is 4.90 Å². The summed E-state index contributed by atoms with van der Waals surface area (Å²) in [5.41, 5.74) is 0.0140. The monoisotopic (exact) mass is 213 g/mol. The molecule has 0 bridgehead atoms. The van der Waals surface area contributed by atoms with Gasteiger partial charge in [-0.05, 0) is 26.8 Å². The van der Waals surface area contributed by atoms with Crippen molar-refractivity contribution in [3.63, 3.8) is 0 Å². The Balaban J connectivity index is 2.33. The van der Waals surface area contributed by atoms with E-state index in [4.69, 9.17) is 4.74 Å². The summed E-state index contributed by atoms with van der Waals surface area (Å²) in [6.45, 7) is 8.49. The predicted octanol–water partition coefficient (Wildman–Crippen LogP) is 2.20. The Labute approximate surface area is 92.8 Å². The van der Waals surface area contributed by atoms with Crippen LogP contribution in [0, 0.1) is 0 Å². The van der Waals surface area contributed by atoms with Crippen molar-refractivity contribution in [2.75, 3.05) is 19.7 Å². The number of carbonyl (C=O) groups is 1. The third kappa shape index (κ3) is 3.82. The Kier molecular flexibility index (Phi) is 4.58. The first kappa shape index (κ1) is 12.5. The number of hydrogen-bond acceptors (Lipinski definition) is 3. The van der Waals surface area contributed by atoms with Crippen molar-refractivity contribution < 1.29 is 9.53 Å². The smallest absolute Gasteiger partial charge is 0.320 e. The number of morpholine rings is 1. The molecule has 1 saturated heterocycles. The second-order valence-electron chi connectivity index (χ2n) is 4.96. The molecule has 0 atom stereocenters. The minimum atomic E-state index is -0.0789. The maximum absolute atomic E-state index is 11.2. The van der Waals surface area contributed by atoms with E-state index >= 15 is 0 Å². The summed E-state index contributed by atoms with van der Waals surface area (Å²) in [5.74, 6) is -0.0789. The lowest BCUT2D eigenvalue weighted by Crippen LogP contribution is -2.54. The van der Waals surface area contributed by atoms with E-state index in [9.17, 15) is 4.79 Å². The van der Waals surface area contributed by atoms with E-state index in [0.717, 1.165) is 6.54 Å². The van der Waals surface area contributed by atoms with Gasteiger partial charge in [0.15, 0.2) is 0 Å². The van der Waals surface area contributed by atoms with Gasteiger partial charge < -0.3 is 4.74 Å². The molecule has 1 fully saturated rings. The summed E-state index contributed by atoms with van der Waals surface area (Å²) in [6, 6.07) is 0. The number of hydrogen-bond donors (Lipinski definition) is 0. The third-order valence-corrected chi connectivity index (χ3v) is 3.04. The molecule has 0 aromatic carbocycles. The van der Waals surface area contributed by atoms with Gasteiger partial charge in [0.05, 0.1) is 12.1 Å². The number of unbranched alkanes of at least 4 members (excludes halogenated alkanes) is 3. The number of ether oxygens (including phenoxy) is 1. The Bertz CT molecular complexity index is 214. The number of cyclic esters (lactones) is 1. The van der Waals surface area contributed by atoms with Gasteiger partial charge >= 0.3 is 5.97 Å². The minimum absolute atomic E-state index is 0.0140. The van der Waals surface area contributed by atoms with Gasteiger partial charge in [0.1, 0.15) is 6.61 Å². The predicted molar refractivity (Wildman–Crippen MR) is 60.8 cm³/mol. The van der Waals surface area contributed by atoms with Crippen molar-refractivity contribution in [3.8, 4) is 0 Å². The average Bonchev–Trinajstić information content (AvgIpc) is 2.18.